The third-order valence-corrected chi connectivity index (χ3v) is 3.24. The van der Waals surface area contributed by atoms with Gasteiger partial charge in [-0.2, -0.15) is 0 Å². The van der Waals surface area contributed by atoms with Gasteiger partial charge in [-0.25, -0.2) is 5.01 Å². The summed E-state index contributed by atoms with van der Waals surface area (Å²) in [7, 11) is 0. The summed E-state index contributed by atoms with van der Waals surface area (Å²) < 4.78 is 9.51. The molecule has 0 aliphatic heterocycles. The van der Waals surface area contributed by atoms with Gasteiger partial charge in [-0.15, -0.1) is 10.2 Å². The summed E-state index contributed by atoms with van der Waals surface area (Å²) in [5.41, 5.74) is 2.35. The van der Waals surface area contributed by atoms with Gasteiger partial charge in [0.25, 0.3) is 0 Å². The predicted molar refractivity (Wildman–Crippen MR) is 94.4 cm³/mol. The second-order valence-electron chi connectivity index (χ2n) is 5.09. The number of ether oxygens (including phenoxy) is 2. The summed E-state index contributed by atoms with van der Waals surface area (Å²) in [6, 6.07) is 2.77. The number of halogens is 1. The first-order chi connectivity index (χ1) is 12.9. The molecule has 1 N–H and O–H groups in total. The molecular weight excluding hydrogens is 380 g/mol. The van der Waals surface area contributed by atoms with Gasteiger partial charge in [0.15, 0.2) is 11.0 Å². The molecule has 10 nitrogen and oxygen atoms in total. The number of amides is 2. The van der Waals surface area contributed by atoms with Crippen LogP contribution in [0.5, 0.6) is 0 Å². The van der Waals surface area contributed by atoms with Crippen molar-refractivity contribution in [2.75, 3.05) is 18.2 Å². The summed E-state index contributed by atoms with van der Waals surface area (Å²) in [4.78, 5) is 47.3. The molecule has 0 fully saturated rings. The third-order valence-electron chi connectivity index (χ3n) is 3.04. The van der Waals surface area contributed by atoms with Crippen LogP contribution in [0.4, 0.5) is 5.82 Å². The molecule has 0 aromatic carbocycles. The van der Waals surface area contributed by atoms with Crippen LogP contribution in [0.25, 0.3) is 0 Å². The molecular formula is C16H21ClN4O6. The highest BCUT2D eigenvalue weighted by Gasteiger charge is 2.22. The van der Waals surface area contributed by atoms with Gasteiger partial charge in [0.1, 0.15) is 0 Å². The lowest BCUT2D eigenvalue weighted by Crippen LogP contribution is -2.47. The van der Waals surface area contributed by atoms with Crippen molar-refractivity contribution in [3.63, 3.8) is 0 Å². The van der Waals surface area contributed by atoms with Gasteiger partial charge in [0.05, 0.1) is 26.1 Å². The van der Waals surface area contributed by atoms with E-state index in [9.17, 15) is 19.2 Å². The maximum Gasteiger partial charge on any atom is 0.306 e. The minimum Gasteiger partial charge on any atom is -0.466 e. The van der Waals surface area contributed by atoms with E-state index in [-0.39, 0.29) is 49.9 Å². The molecule has 2 amide bonds. The maximum atomic E-state index is 12.4. The van der Waals surface area contributed by atoms with Crippen molar-refractivity contribution in [3.05, 3.63) is 17.3 Å². The molecule has 0 atom stereocenters. The highest BCUT2D eigenvalue weighted by atomic mass is 35.5. The highest BCUT2D eigenvalue weighted by Crippen LogP contribution is 2.12. The molecule has 0 aliphatic rings. The first-order valence-corrected chi connectivity index (χ1v) is 8.68. The van der Waals surface area contributed by atoms with Crippen molar-refractivity contribution in [1.82, 2.24) is 15.6 Å². The van der Waals surface area contributed by atoms with Crippen molar-refractivity contribution < 1.29 is 28.7 Å². The van der Waals surface area contributed by atoms with Crippen LogP contribution in [0, 0.1) is 0 Å². The van der Waals surface area contributed by atoms with Gasteiger partial charge in [-0.3, -0.25) is 24.6 Å². The Bertz CT molecular complexity index is 667. The van der Waals surface area contributed by atoms with E-state index < -0.39 is 23.8 Å². The van der Waals surface area contributed by atoms with Crippen LogP contribution in [0.15, 0.2) is 12.1 Å². The van der Waals surface area contributed by atoms with Crippen LogP contribution in [-0.2, 0) is 28.7 Å². The van der Waals surface area contributed by atoms with Gasteiger partial charge in [0, 0.05) is 12.8 Å². The van der Waals surface area contributed by atoms with Crippen molar-refractivity contribution in [3.8, 4) is 0 Å². The molecule has 11 heteroatoms. The van der Waals surface area contributed by atoms with Crippen LogP contribution >= 0.6 is 11.6 Å². The predicted octanol–water partition coefficient (Wildman–Crippen LogP) is 1.18. The monoisotopic (exact) mass is 400 g/mol. The SMILES string of the molecule is CCOC(=O)CCC(=O)NN(C(=O)CCC(=O)OCC)c1ccc(Cl)nn1. The molecule has 1 aromatic heterocycles. The zero-order chi connectivity index (χ0) is 20.2. The lowest BCUT2D eigenvalue weighted by Gasteiger charge is -2.21. The third kappa shape index (κ3) is 8.45. The number of carbonyl (C=O) groups is 4. The van der Waals surface area contributed by atoms with Crippen molar-refractivity contribution in [1.29, 1.82) is 0 Å². The summed E-state index contributed by atoms with van der Waals surface area (Å²) in [5.74, 6) is -2.27. The van der Waals surface area contributed by atoms with Crippen LogP contribution in [0.3, 0.4) is 0 Å². The Hall–Kier alpha value is -2.75. The standard InChI is InChI=1S/C16H21ClN4O6/c1-3-26-15(24)9-7-13(22)20-21(12-6-5-11(17)18-19-12)14(23)8-10-16(25)27-4-2/h5-6H,3-4,7-10H2,1-2H3,(H,20,22). The van der Waals surface area contributed by atoms with E-state index in [1.807, 2.05) is 0 Å². The Kier molecular flexibility index (Phi) is 9.73. The van der Waals surface area contributed by atoms with Crippen molar-refractivity contribution in [2.45, 2.75) is 39.5 Å². The van der Waals surface area contributed by atoms with Gasteiger partial charge in [0.2, 0.25) is 11.8 Å². The molecule has 0 saturated heterocycles. The number of nitrogens with one attached hydrogen (secondary N) is 1. The highest BCUT2D eigenvalue weighted by molar-refractivity contribution is 6.29. The Morgan fingerprint density at radius 2 is 1.56 bits per heavy atom. The molecule has 1 heterocycles. The minimum absolute atomic E-state index is 0.0118. The van der Waals surface area contributed by atoms with Crippen LogP contribution in [-0.4, -0.2) is 47.2 Å². The zero-order valence-electron chi connectivity index (χ0n) is 15.1. The van der Waals surface area contributed by atoms with Crippen molar-refractivity contribution in [2.24, 2.45) is 0 Å². The fourth-order valence-corrected chi connectivity index (χ4v) is 1.96. The molecule has 1 aromatic rings. The molecule has 27 heavy (non-hydrogen) atoms. The fraction of sp³-hybridized carbons (Fsp3) is 0.500. The average molecular weight is 401 g/mol. The molecule has 0 spiro atoms. The number of esters is 2. The van der Waals surface area contributed by atoms with E-state index >= 15 is 0 Å². The number of nitrogens with zero attached hydrogens (tertiary/aromatic N) is 3. The van der Waals surface area contributed by atoms with E-state index in [4.69, 9.17) is 21.1 Å². The normalized spacial score (nSPS) is 10.0. The fourth-order valence-electron chi connectivity index (χ4n) is 1.86. The summed E-state index contributed by atoms with van der Waals surface area (Å²) in [6.45, 7) is 3.71. The smallest absolute Gasteiger partial charge is 0.306 e. The number of aromatic nitrogens is 2. The van der Waals surface area contributed by atoms with Gasteiger partial charge in [-0.1, -0.05) is 11.6 Å². The van der Waals surface area contributed by atoms with E-state index in [0.29, 0.717) is 0 Å². The summed E-state index contributed by atoms with van der Waals surface area (Å²) in [5, 5.41) is 8.32. The first-order valence-electron chi connectivity index (χ1n) is 8.30. The van der Waals surface area contributed by atoms with Crippen LogP contribution in [0.2, 0.25) is 5.15 Å². The molecule has 0 saturated carbocycles. The zero-order valence-corrected chi connectivity index (χ0v) is 15.8. The topological polar surface area (TPSA) is 128 Å². The quantitative estimate of drug-likeness (QED) is 0.483. The molecule has 0 bridgehead atoms. The first kappa shape index (κ1) is 22.3. The Morgan fingerprint density at radius 1 is 0.963 bits per heavy atom. The van der Waals surface area contributed by atoms with Gasteiger partial charge >= 0.3 is 11.9 Å². The number of carbonyl (C=O) groups excluding carboxylic acids is 4. The number of hydrogen-bond acceptors (Lipinski definition) is 8. The molecule has 1 rings (SSSR count). The molecule has 148 valence electrons. The summed E-state index contributed by atoms with van der Waals surface area (Å²) in [6.07, 6.45) is -0.720. The Balaban J connectivity index is 2.77. The van der Waals surface area contributed by atoms with E-state index in [2.05, 4.69) is 15.6 Å². The summed E-state index contributed by atoms with van der Waals surface area (Å²) >= 11 is 5.68. The molecule has 0 radical (unpaired) electrons. The Labute approximate surface area is 161 Å². The van der Waals surface area contributed by atoms with Crippen LogP contribution in [0.1, 0.15) is 39.5 Å². The lowest BCUT2D eigenvalue weighted by molar-refractivity contribution is -0.145. The van der Waals surface area contributed by atoms with E-state index in [1.54, 1.807) is 13.8 Å². The van der Waals surface area contributed by atoms with Gasteiger partial charge < -0.3 is 9.47 Å². The number of anilines is 1. The Morgan fingerprint density at radius 3 is 2.07 bits per heavy atom. The minimum atomic E-state index is -0.607. The van der Waals surface area contributed by atoms with E-state index in [0.717, 1.165) is 5.01 Å². The largest absolute Gasteiger partial charge is 0.466 e. The maximum absolute atomic E-state index is 12.4. The average Bonchev–Trinajstić information content (AvgIpc) is 2.64. The number of rotatable bonds is 9. The lowest BCUT2D eigenvalue weighted by atomic mass is 10.3. The molecule has 0 aliphatic carbocycles. The number of hydrogen-bond donors (Lipinski definition) is 1. The van der Waals surface area contributed by atoms with E-state index in [1.165, 1.54) is 12.1 Å². The second-order valence-corrected chi connectivity index (χ2v) is 5.48. The van der Waals surface area contributed by atoms with Gasteiger partial charge in [-0.05, 0) is 26.0 Å². The second kappa shape index (κ2) is 11.8. The van der Waals surface area contributed by atoms with Crippen LogP contribution < -0.4 is 10.4 Å². The van der Waals surface area contributed by atoms with Crippen molar-refractivity contribution >= 4 is 41.2 Å². The molecule has 0 unspecified atom stereocenters. The number of hydrazine groups is 1.